The lowest BCUT2D eigenvalue weighted by molar-refractivity contribution is 0.0124. The second-order valence-corrected chi connectivity index (χ2v) is 4.93. The van der Waals surface area contributed by atoms with Crippen molar-refractivity contribution in [3.63, 3.8) is 0 Å². The molecule has 16 heavy (non-hydrogen) atoms. The number of aromatic nitrogens is 2. The molecule has 1 saturated heterocycles. The Hall–Kier alpha value is -0.940. The first kappa shape index (κ1) is 11.5. The zero-order valence-corrected chi connectivity index (χ0v) is 9.90. The predicted octanol–water partition coefficient (Wildman–Crippen LogP) is 1.38. The highest BCUT2D eigenvalue weighted by molar-refractivity contribution is 4.99. The van der Waals surface area contributed by atoms with Gasteiger partial charge in [-0.15, -0.1) is 0 Å². The maximum atomic E-state index is 5.89. The van der Waals surface area contributed by atoms with Gasteiger partial charge in [-0.1, -0.05) is 5.16 Å². The van der Waals surface area contributed by atoms with Gasteiger partial charge in [-0.25, -0.2) is 0 Å². The van der Waals surface area contributed by atoms with Crippen LogP contribution in [0.4, 0.5) is 0 Å². The van der Waals surface area contributed by atoms with E-state index in [1.54, 1.807) is 0 Å². The van der Waals surface area contributed by atoms with E-state index >= 15 is 0 Å². The first-order valence-electron chi connectivity index (χ1n) is 5.79. The van der Waals surface area contributed by atoms with Crippen molar-refractivity contribution in [2.75, 3.05) is 6.61 Å². The van der Waals surface area contributed by atoms with Gasteiger partial charge in [0.2, 0.25) is 5.89 Å². The van der Waals surface area contributed by atoms with Crippen molar-refractivity contribution in [2.45, 2.75) is 51.2 Å². The molecular weight excluding hydrogens is 206 g/mol. The van der Waals surface area contributed by atoms with Crippen LogP contribution in [0.15, 0.2) is 4.52 Å². The van der Waals surface area contributed by atoms with E-state index in [9.17, 15) is 0 Å². The molecule has 1 aromatic rings. The van der Waals surface area contributed by atoms with Crippen LogP contribution in [0.2, 0.25) is 0 Å². The number of rotatable bonds is 3. The minimum absolute atomic E-state index is 0.225. The Morgan fingerprint density at radius 1 is 1.44 bits per heavy atom. The summed E-state index contributed by atoms with van der Waals surface area (Å²) in [4.78, 5) is 4.29. The number of hydrogen-bond acceptors (Lipinski definition) is 5. The maximum Gasteiger partial charge on any atom is 0.229 e. The molecule has 1 aromatic heterocycles. The second-order valence-electron chi connectivity index (χ2n) is 4.93. The van der Waals surface area contributed by atoms with Gasteiger partial charge in [0.05, 0.1) is 18.1 Å². The molecule has 2 heterocycles. The van der Waals surface area contributed by atoms with Gasteiger partial charge < -0.3 is 15.0 Å². The molecule has 2 rings (SSSR count). The standard InChI is InChI=1S/C11H19N3O2/c1-11(2,12)10-13-9(16-14-10)7-8-5-3-4-6-15-8/h8H,3-7,12H2,1-2H3. The van der Waals surface area contributed by atoms with Gasteiger partial charge in [0.25, 0.3) is 0 Å². The van der Waals surface area contributed by atoms with E-state index < -0.39 is 5.54 Å². The fourth-order valence-corrected chi connectivity index (χ4v) is 1.76. The molecule has 0 amide bonds. The molecule has 1 aliphatic rings. The first-order chi connectivity index (χ1) is 7.55. The van der Waals surface area contributed by atoms with Crippen molar-refractivity contribution in [1.82, 2.24) is 10.1 Å². The summed E-state index contributed by atoms with van der Waals surface area (Å²) in [6, 6.07) is 0. The Kier molecular flexibility index (Phi) is 3.25. The van der Waals surface area contributed by atoms with Crippen LogP contribution in [0.5, 0.6) is 0 Å². The lowest BCUT2D eigenvalue weighted by Gasteiger charge is -2.20. The molecule has 1 unspecified atom stereocenters. The normalized spacial score (nSPS) is 22.3. The van der Waals surface area contributed by atoms with Crippen LogP contribution in [-0.4, -0.2) is 22.9 Å². The van der Waals surface area contributed by atoms with Gasteiger partial charge in [0, 0.05) is 6.61 Å². The third kappa shape index (κ3) is 2.80. The summed E-state index contributed by atoms with van der Waals surface area (Å²) in [6.45, 7) is 4.56. The Morgan fingerprint density at radius 2 is 2.25 bits per heavy atom. The van der Waals surface area contributed by atoms with Crippen molar-refractivity contribution in [3.05, 3.63) is 11.7 Å². The quantitative estimate of drug-likeness (QED) is 0.841. The molecule has 1 atom stereocenters. The topological polar surface area (TPSA) is 74.2 Å². The highest BCUT2D eigenvalue weighted by atomic mass is 16.5. The lowest BCUT2D eigenvalue weighted by Crippen LogP contribution is -2.30. The van der Waals surface area contributed by atoms with Crippen LogP contribution >= 0.6 is 0 Å². The minimum Gasteiger partial charge on any atom is -0.378 e. The van der Waals surface area contributed by atoms with E-state index in [4.69, 9.17) is 15.0 Å². The van der Waals surface area contributed by atoms with E-state index in [1.165, 1.54) is 6.42 Å². The average Bonchev–Trinajstić information content (AvgIpc) is 2.67. The molecule has 0 radical (unpaired) electrons. The van der Waals surface area contributed by atoms with Crippen LogP contribution in [0.1, 0.15) is 44.8 Å². The van der Waals surface area contributed by atoms with Crippen molar-refractivity contribution >= 4 is 0 Å². The van der Waals surface area contributed by atoms with Gasteiger partial charge in [0.1, 0.15) is 0 Å². The zero-order chi connectivity index (χ0) is 11.6. The summed E-state index contributed by atoms with van der Waals surface area (Å²) in [5.74, 6) is 1.18. The number of ether oxygens (including phenoxy) is 1. The summed E-state index contributed by atoms with van der Waals surface area (Å²) < 4.78 is 10.8. The molecule has 0 aromatic carbocycles. The molecule has 0 saturated carbocycles. The Morgan fingerprint density at radius 3 is 2.81 bits per heavy atom. The Labute approximate surface area is 95.3 Å². The Balaban J connectivity index is 1.97. The van der Waals surface area contributed by atoms with Gasteiger partial charge in [0.15, 0.2) is 5.82 Å². The molecule has 0 spiro atoms. The van der Waals surface area contributed by atoms with Gasteiger partial charge in [-0.2, -0.15) is 4.98 Å². The summed E-state index contributed by atoms with van der Waals surface area (Å²) in [5, 5.41) is 3.89. The van der Waals surface area contributed by atoms with Crippen LogP contribution in [0.25, 0.3) is 0 Å². The van der Waals surface area contributed by atoms with Gasteiger partial charge >= 0.3 is 0 Å². The highest BCUT2D eigenvalue weighted by Crippen LogP contribution is 2.18. The van der Waals surface area contributed by atoms with Crippen LogP contribution in [0, 0.1) is 0 Å². The third-order valence-corrected chi connectivity index (χ3v) is 2.72. The molecule has 5 heteroatoms. The fourth-order valence-electron chi connectivity index (χ4n) is 1.76. The highest BCUT2D eigenvalue weighted by Gasteiger charge is 2.23. The van der Waals surface area contributed by atoms with E-state index in [1.807, 2.05) is 13.8 Å². The van der Waals surface area contributed by atoms with Crippen LogP contribution in [-0.2, 0) is 16.7 Å². The molecule has 0 aliphatic carbocycles. The van der Waals surface area contributed by atoms with E-state index in [0.29, 0.717) is 18.1 Å². The van der Waals surface area contributed by atoms with Crippen molar-refractivity contribution < 1.29 is 9.26 Å². The van der Waals surface area contributed by atoms with Crippen LogP contribution < -0.4 is 5.73 Å². The zero-order valence-electron chi connectivity index (χ0n) is 9.90. The average molecular weight is 225 g/mol. The van der Waals surface area contributed by atoms with E-state index in [0.717, 1.165) is 19.4 Å². The monoisotopic (exact) mass is 225 g/mol. The van der Waals surface area contributed by atoms with Gasteiger partial charge in [-0.3, -0.25) is 0 Å². The summed E-state index contributed by atoms with van der Waals surface area (Å²) in [5.41, 5.74) is 5.34. The fraction of sp³-hybridized carbons (Fsp3) is 0.818. The summed E-state index contributed by atoms with van der Waals surface area (Å²) in [7, 11) is 0. The van der Waals surface area contributed by atoms with Gasteiger partial charge in [-0.05, 0) is 33.1 Å². The predicted molar refractivity (Wildman–Crippen MR) is 58.8 cm³/mol. The molecule has 90 valence electrons. The van der Waals surface area contributed by atoms with Crippen molar-refractivity contribution in [2.24, 2.45) is 5.73 Å². The lowest BCUT2D eigenvalue weighted by atomic mass is 10.1. The Bertz CT molecular complexity index is 337. The van der Waals surface area contributed by atoms with Crippen LogP contribution in [0.3, 0.4) is 0 Å². The number of nitrogens with two attached hydrogens (primary N) is 1. The van der Waals surface area contributed by atoms with Crippen molar-refractivity contribution in [3.8, 4) is 0 Å². The molecule has 1 fully saturated rings. The number of nitrogens with zero attached hydrogens (tertiary/aromatic N) is 2. The molecular formula is C11H19N3O2. The first-order valence-corrected chi connectivity index (χ1v) is 5.79. The van der Waals surface area contributed by atoms with E-state index in [2.05, 4.69) is 10.1 Å². The van der Waals surface area contributed by atoms with E-state index in [-0.39, 0.29) is 6.10 Å². The molecule has 2 N–H and O–H groups in total. The second kappa shape index (κ2) is 4.51. The summed E-state index contributed by atoms with van der Waals surface area (Å²) in [6.07, 6.45) is 4.37. The maximum absolute atomic E-state index is 5.89. The van der Waals surface area contributed by atoms with Crippen molar-refractivity contribution in [1.29, 1.82) is 0 Å². The minimum atomic E-state index is -0.546. The SMILES string of the molecule is CC(C)(N)c1noc(CC2CCCCO2)n1. The third-order valence-electron chi connectivity index (χ3n) is 2.72. The largest absolute Gasteiger partial charge is 0.378 e. The summed E-state index contributed by atoms with van der Waals surface area (Å²) >= 11 is 0. The smallest absolute Gasteiger partial charge is 0.229 e. The molecule has 5 nitrogen and oxygen atoms in total. The number of hydrogen-bond donors (Lipinski definition) is 1. The molecule has 0 bridgehead atoms. The molecule has 1 aliphatic heterocycles.